The zero-order valence-electron chi connectivity index (χ0n) is 18.6. The van der Waals surface area contributed by atoms with Gasteiger partial charge in [-0.1, -0.05) is 29.5 Å². The van der Waals surface area contributed by atoms with Crippen molar-refractivity contribution in [2.75, 3.05) is 36.9 Å². The summed E-state index contributed by atoms with van der Waals surface area (Å²) in [6.45, 7) is 5.76. The molecule has 3 aromatic heterocycles. The Bertz CT molecular complexity index is 1350. The van der Waals surface area contributed by atoms with Gasteiger partial charge in [0, 0.05) is 54.1 Å². The molecule has 0 bridgehead atoms. The van der Waals surface area contributed by atoms with Crippen molar-refractivity contribution in [1.29, 1.82) is 5.26 Å². The molecule has 4 aromatic rings. The van der Waals surface area contributed by atoms with Crippen LogP contribution in [0, 0.1) is 11.3 Å². The monoisotopic (exact) mass is 476 g/mol. The summed E-state index contributed by atoms with van der Waals surface area (Å²) in [5.74, 6) is 0.240. The van der Waals surface area contributed by atoms with Gasteiger partial charge < -0.3 is 25.0 Å². The molecule has 0 aliphatic carbocycles. The van der Waals surface area contributed by atoms with Crippen LogP contribution in [-0.2, 0) is 16.1 Å². The van der Waals surface area contributed by atoms with Gasteiger partial charge in [-0.05, 0) is 19.1 Å². The number of thiazole rings is 1. The van der Waals surface area contributed by atoms with Gasteiger partial charge >= 0.3 is 0 Å². The van der Waals surface area contributed by atoms with Gasteiger partial charge in [-0.3, -0.25) is 4.79 Å². The number of nitrogen functional groups attached to an aromatic ring is 1. The maximum Gasteiger partial charge on any atom is 0.290 e. The molecular formula is C24H24N6O3S. The van der Waals surface area contributed by atoms with Gasteiger partial charge in [0.1, 0.15) is 17.5 Å². The molecule has 1 aliphatic heterocycles. The highest BCUT2D eigenvalue weighted by molar-refractivity contribution is 7.18. The van der Waals surface area contributed by atoms with E-state index in [2.05, 4.69) is 50.8 Å². The van der Waals surface area contributed by atoms with Crippen LogP contribution in [0.1, 0.15) is 12.5 Å². The number of pyridine rings is 1. The molecule has 5 rings (SSSR count). The van der Waals surface area contributed by atoms with E-state index in [9.17, 15) is 5.26 Å². The number of hydrogen-bond acceptors (Lipinski definition) is 8. The maximum absolute atomic E-state index is 9.77. The van der Waals surface area contributed by atoms with Crippen molar-refractivity contribution in [3.63, 3.8) is 0 Å². The fourth-order valence-corrected chi connectivity index (χ4v) is 5.01. The molecule has 0 atom stereocenters. The second kappa shape index (κ2) is 10.3. The van der Waals surface area contributed by atoms with Crippen LogP contribution in [0.4, 0.5) is 10.9 Å². The van der Waals surface area contributed by atoms with Gasteiger partial charge in [-0.15, -0.1) is 0 Å². The van der Waals surface area contributed by atoms with Crippen LogP contribution in [0.15, 0.2) is 42.7 Å². The number of rotatable bonds is 4. The number of para-hydroxylation sites is 1. The first-order valence-corrected chi connectivity index (χ1v) is 11.6. The Morgan fingerprint density at radius 3 is 2.74 bits per heavy atom. The fraction of sp³-hybridized carbons (Fsp3) is 0.250. The van der Waals surface area contributed by atoms with Crippen molar-refractivity contribution >= 4 is 39.7 Å². The van der Waals surface area contributed by atoms with Crippen molar-refractivity contribution in [2.24, 2.45) is 0 Å². The van der Waals surface area contributed by atoms with Gasteiger partial charge in [0.2, 0.25) is 0 Å². The van der Waals surface area contributed by atoms with Crippen LogP contribution >= 0.6 is 11.3 Å². The van der Waals surface area contributed by atoms with Crippen molar-refractivity contribution in [1.82, 2.24) is 14.5 Å². The lowest BCUT2D eigenvalue weighted by Gasteiger charge is -2.25. The largest absolute Gasteiger partial charge is 0.483 e. The second-order valence-electron chi connectivity index (χ2n) is 7.48. The number of fused-ring (bicyclic) bond motifs is 1. The van der Waals surface area contributed by atoms with Crippen LogP contribution in [0.3, 0.4) is 0 Å². The quantitative estimate of drug-likeness (QED) is 0.425. The number of benzene rings is 1. The topological polar surface area (TPSA) is 130 Å². The molecule has 9 nitrogen and oxygen atoms in total. The number of hydrogen-bond donors (Lipinski definition) is 2. The van der Waals surface area contributed by atoms with Gasteiger partial charge in [-0.2, -0.15) is 5.26 Å². The predicted octanol–water partition coefficient (Wildman–Crippen LogP) is 3.84. The summed E-state index contributed by atoms with van der Waals surface area (Å²) in [4.78, 5) is 20.7. The Morgan fingerprint density at radius 2 is 2.03 bits per heavy atom. The third-order valence-electron chi connectivity index (χ3n) is 5.61. The van der Waals surface area contributed by atoms with Crippen LogP contribution in [0.25, 0.3) is 32.6 Å². The number of carboxylic acid groups (broad SMARTS) is 1. The Kier molecular flexibility index (Phi) is 7.06. The molecule has 3 N–H and O–H groups in total. The molecule has 10 heteroatoms. The third-order valence-corrected chi connectivity index (χ3v) is 6.70. The Morgan fingerprint density at radius 1 is 1.29 bits per heavy atom. The Labute approximate surface area is 200 Å². The van der Waals surface area contributed by atoms with Crippen LogP contribution in [0.2, 0.25) is 0 Å². The average Bonchev–Trinajstić information content (AvgIpc) is 3.50. The molecule has 1 aromatic carbocycles. The lowest BCUT2D eigenvalue weighted by molar-refractivity contribution is -0.122. The number of anilines is 2. The standard InChI is InChI=1S/C23H22N6OS.CH2O2/c1-2-28-14-18(15-5-3-4-6-20(15)28)19-11-16(17(12-24)22(25)27-19)21-13-26-23(31-21)29-7-9-30-10-8-29;2-1-3/h3-6,11,13-14H,2,7-10H2,1H3,(H2,25,27);1H,(H,2,3). The summed E-state index contributed by atoms with van der Waals surface area (Å²) in [6.07, 6.45) is 3.93. The molecule has 1 saturated heterocycles. The molecule has 0 radical (unpaired) electrons. The van der Waals surface area contributed by atoms with Crippen LogP contribution in [-0.4, -0.2) is 52.4 Å². The second-order valence-corrected chi connectivity index (χ2v) is 8.49. The SMILES string of the molecule is CCn1cc(-c2cc(-c3cnc(N4CCOCC4)s3)c(C#N)c(N)n2)c2ccccc21.O=CO. The average molecular weight is 477 g/mol. The minimum Gasteiger partial charge on any atom is -0.483 e. The number of nitrogens with zero attached hydrogens (tertiary/aromatic N) is 5. The Hall–Kier alpha value is -3.94. The Balaban J connectivity index is 0.000000868. The van der Waals surface area contributed by atoms with E-state index in [0.29, 0.717) is 18.8 Å². The van der Waals surface area contributed by atoms with Gasteiger partial charge in [0.05, 0.1) is 23.8 Å². The summed E-state index contributed by atoms with van der Waals surface area (Å²) in [7, 11) is 0. The summed E-state index contributed by atoms with van der Waals surface area (Å²) in [5, 5.41) is 18.7. The molecule has 0 spiro atoms. The number of aryl methyl sites for hydroxylation is 1. The molecule has 1 fully saturated rings. The highest BCUT2D eigenvalue weighted by atomic mass is 32.1. The molecule has 34 heavy (non-hydrogen) atoms. The zero-order chi connectivity index (χ0) is 24.1. The lowest BCUT2D eigenvalue weighted by Crippen LogP contribution is -2.36. The fourth-order valence-electron chi connectivity index (χ4n) is 4.02. The van der Waals surface area contributed by atoms with Crippen molar-refractivity contribution in [3.8, 4) is 27.8 Å². The normalized spacial score (nSPS) is 13.2. The number of nitriles is 1. The first-order chi connectivity index (χ1) is 16.6. The minimum absolute atomic E-state index is 0.240. The number of aromatic nitrogens is 3. The first kappa shape index (κ1) is 23.2. The summed E-state index contributed by atoms with van der Waals surface area (Å²) in [5.41, 5.74) is 10.3. The maximum atomic E-state index is 9.77. The van der Waals surface area contributed by atoms with E-state index in [-0.39, 0.29) is 12.3 Å². The molecule has 0 amide bonds. The van der Waals surface area contributed by atoms with E-state index in [1.807, 2.05) is 24.4 Å². The molecular weight excluding hydrogens is 452 g/mol. The summed E-state index contributed by atoms with van der Waals surface area (Å²) < 4.78 is 7.64. The smallest absolute Gasteiger partial charge is 0.290 e. The molecule has 1 aliphatic rings. The lowest BCUT2D eigenvalue weighted by atomic mass is 10.0. The van der Waals surface area contributed by atoms with E-state index >= 15 is 0 Å². The number of morpholine rings is 1. The minimum atomic E-state index is -0.250. The highest BCUT2D eigenvalue weighted by Crippen LogP contribution is 2.38. The van der Waals surface area contributed by atoms with Crippen LogP contribution < -0.4 is 10.6 Å². The van der Waals surface area contributed by atoms with Gasteiger partial charge in [0.25, 0.3) is 6.47 Å². The molecule has 174 valence electrons. The van der Waals surface area contributed by atoms with E-state index in [1.165, 1.54) is 0 Å². The molecule has 4 heterocycles. The van der Waals surface area contributed by atoms with Gasteiger partial charge in [-0.25, -0.2) is 9.97 Å². The van der Waals surface area contributed by atoms with E-state index in [4.69, 9.17) is 20.4 Å². The first-order valence-electron chi connectivity index (χ1n) is 10.8. The number of carbonyl (C=O) groups is 1. The molecule has 0 saturated carbocycles. The van der Waals surface area contributed by atoms with E-state index in [0.717, 1.165) is 57.4 Å². The van der Waals surface area contributed by atoms with Crippen LogP contribution in [0.5, 0.6) is 0 Å². The zero-order valence-corrected chi connectivity index (χ0v) is 19.5. The van der Waals surface area contributed by atoms with Gasteiger partial charge in [0.15, 0.2) is 5.13 Å². The third kappa shape index (κ3) is 4.44. The van der Waals surface area contributed by atoms with E-state index < -0.39 is 0 Å². The highest BCUT2D eigenvalue weighted by Gasteiger charge is 2.20. The van der Waals surface area contributed by atoms with Crippen molar-refractivity contribution in [3.05, 3.63) is 48.3 Å². The van der Waals surface area contributed by atoms with Crippen molar-refractivity contribution < 1.29 is 14.6 Å². The van der Waals surface area contributed by atoms with Crippen molar-refractivity contribution in [2.45, 2.75) is 13.5 Å². The summed E-state index contributed by atoms with van der Waals surface area (Å²) in [6, 6.07) is 12.5. The summed E-state index contributed by atoms with van der Waals surface area (Å²) >= 11 is 1.57. The molecule has 0 unspecified atom stereocenters. The number of ether oxygens (including phenoxy) is 1. The predicted molar refractivity (Wildman–Crippen MR) is 133 cm³/mol. The number of nitrogens with two attached hydrogens (primary N) is 1. The van der Waals surface area contributed by atoms with E-state index in [1.54, 1.807) is 11.3 Å².